The molecular weight excluding hydrogens is 300 g/mol. The van der Waals surface area contributed by atoms with E-state index in [9.17, 15) is 0 Å². The number of hydrogen-bond acceptors (Lipinski definition) is 4. The van der Waals surface area contributed by atoms with Crippen molar-refractivity contribution in [3.63, 3.8) is 0 Å². The van der Waals surface area contributed by atoms with Crippen LogP contribution in [0.1, 0.15) is 31.4 Å². The van der Waals surface area contributed by atoms with Crippen molar-refractivity contribution in [1.82, 2.24) is 4.98 Å². The minimum atomic E-state index is 0.464. The summed E-state index contributed by atoms with van der Waals surface area (Å²) in [6.07, 6.45) is 5.04. The number of anilines is 1. The van der Waals surface area contributed by atoms with Crippen molar-refractivity contribution in [3.8, 4) is 5.75 Å². The Bertz CT molecular complexity index is 727. The van der Waals surface area contributed by atoms with E-state index >= 15 is 0 Å². The average molecular weight is 326 g/mol. The Morgan fingerprint density at radius 2 is 2.04 bits per heavy atom. The lowest BCUT2D eigenvalue weighted by molar-refractivity contribution is 0.181. The second-order valence-corrected chi connectivity index (χ2v) is 7.16. The number of rotatable bonds is 6. The van der Waals surface area contributed by atoms with Crippen LogP contribution >= 0.6 is 0 Å². The fourth-order valence-corrected chi connectivity index (χ4v) is 3.66. The van der Waals surface area contributed by atoms with E-state index in [1.807, 2.05) is 0 Å². The molecule has 1 saturated carbocycles. The highest BCUT2D eigenvalue weighted by molar-refractivity contribution is 5.93. The molecule has 4 rings (SSSR count). The molecule has 2 aromatic rings. The van der Waals surface area contributed by atoms with E-state index in [0.717, 1.165) is 42.6 Å². The molecule has 0 spiro atoms. The van der Waals surface area contributed by atoms with Crippen molar-refractivity contribution in [3.05, 3.63) is 30.0 Å². The van der Waals surface area contributed by atoms with Gasteiger partial charge in [-0.2, -0.15) is 0 Å². The maximum atomic E-state index is 5.93. The van der Waals surface area contributed by atoms with E-state index in [1.54, 1.807) is 7.11 Å². The highest BCUT2D eigenvalue weighted by Gasteiger charge is 2.26. The zero-order valence-electron chi connectivity index (χ0n) is 14.6. The Balaban J connectivity index is 1.66. The lowest BCUT2D eigenvalue weighted by atomic mass is 10.1. The number of nitrogens with zero attached hydrogens (tertiary/aromatic N) is 2. The minimum Gasteiger partial charge on any atom is -0.493 e. The predicted octanol–water partition coefficient (Wildman–Crippen LogP) is 3.95. The summed E-state index contributed by atoms with van der Waals surface area (Å²) >= 11 is 0. The molecule has 0 N–H and O–H groups in total. The van der Waals surface area contributed by atoms with E-state index in [-0.39, 0.29) is 0 Å². The number of aryl methyl sites for hydroxylation is 1. The van der Waals surface area contributed by atoms with Gasteiger partial charge in [0.15, 0.2) is 0 Å². The standard InChI is InChI=1S/C20H26N2O2/c1-14-10-20(22-9-3-4-16(22)13-23-2)18-8-7-17(11-19(18)21-14)24-12-15-5-6-15/h7-8,10-11,15-16H,3-6,9,12-13H2,1-2H3. The van der Waals surface area contributed by atoms with Gasteiger partial charge in [0.25, 0.3) is 0 Å². The molecule has 1 unspecified atom stereocenters. The summed E-state index contributed by atoms with van der Waals surface area (Å²) < 4.78 is 11.4. The van der Waals surface area contributed by atoms with Gasteiger partial charge < -0.3 is 14.4 Å². The average Bonchev–Trinajstić information content (AvgIpc) is 3.30. The molecule has 0 bridgehead atoms. The first-order valence-corrected chi connectivity index (χ1v) is 9.04. The molecule has 1 aromatic carbocycles. The third-order valence-corrected chi connectivity index (χ3v) is 5.12. The third-order valence-electron chi connectivity index (χ3n) is 5.12. The molecular formula is C20H26N2O2. The molecule has 1 saturated heterocycles. The van der Waals surface area contributed by atoms with Gasteiger partial charge in [-0.05, 0) is 56.7 Å². The fourth-order valence-electron chi connectivity index (χ4n) is 3.66. The van der Waals surface area contributed by atoms with Gasteiger partial charge in [-0.3, -0.25) is 4.98 Å². The molecule has 1 atom stereocenters. The van der Waals surface area contributed by atoms with Gasteiger partial charge in [-0.25, -0.2) is 0 Å². The number of pyridine rings is 1. The minimum absolute atomic E-state index is 0.464. The van der Waals surface area contributed by atoms with Crippen molar-refractivity contribution in [2.45, 2.75) is 38.6 Å². The van der Waals surface area contributed by atoms with Crippen LogP contribution in [0, 0.1) is 12.8 Å². The van der Waals surface area contributed by atoms with Crippen LogP contribution in [0.4, 0.5) is 5.69 Å². The molecule has 128 valence electrons. The summed E-state index contributed by atoms with van der Waals surface area (Å²) in [6.45, 7) is 4.78. The number of methoxy groups -OCH3 is 1. The van der Waals surface area contributed by atoms with Crippen molar-refractivity contribution in [1.29, 1.82) is 0 Å². The zero-order chi connectivity index (χ0) is 16.5. The molecule has 2 fully saturated rings. The lowest BCUT2D eigenvalue weighted by Gasteiger charge is -2.28. The molecule has 24 heavy (non-hydrogen) atoms. The second-order valence-electron chi connectivity index (χ2n) is 7.16. The molecule has 4 heteroatoms. The summed E-state index contributed by atoms with van der Waals surface area (Å²) in [5.41, 5.74) is 3.37. The maximum absolute atomic E-state index is 5.93. The number of benzene rings is 1. The second kappa shape index (κ2) is 6.60. The van der Waals surface area contributed by atoms with Crippen LogP contribution in [0.15, 0.2) is 24.3 Å². The maximum Gasteiger partial charge on any atom is 0.121 e. The van der Waals surface area contributed by atoms with E-state index in [1.165, 1.54) is 36.8 Å². The molecule has 2 aliphatic rings. The summed E-state index contributed by atoms with van der Waals surface area (Å²) in [6, 6.07) is 9.02. The van der Waals surface area contributed by atoms with Crippen LogP contribution in [0.3, 0.4) is 0 Å². The van der Waals surface area contributed by atoms with Crippen LogP contribution < -0.4 is 9.64 Å². The van der Waals surface area contributed by atoms with Gasteiger partial charge in [-0.1, -0.05) is 0 Å². The Morgan fingerprint density at radius 1 is 1.17 bits per heavy atom. The lowest BCUT2D eigenvalue weighted by Crippen LogP contribution is -2.33. The van der Waals surface area contributed by atoms with E-state index in [4.69, 9.17) is 14.5 Å². The van der Waals surface area contributed by atoms with E-state index < -0.39 is 0 Å². The Hall–Kier alpha value is -1.81. The van der Waals surface area contributed by atoms with Crippen LogP contribution in [-0.2, 0) is 4.74 Å². The van der Waals surface area contributed by atoms with Gasteiger partial charge in [0, 0.05) is 36.5 Å². The van der Waals surface area contributed by atoms with Crippen LogP contribution in [-0.4, -0.2) is 37.9 Å². The van der Waals surface area contributed by atoms with E-state index in [0.29, 0.717) is 6.04 Å². The Kier molecular flexibility index (Phi) is 4.31. The molecule has 4 nitrogen and oxygen atoms in total. The van der Waals surface area contributed by atoms with Gasteiger partial charge in [0.2, 0.25) is 0 Å². The Labute approximate surface area is 143 Å². The molecule has 2 heterocycles. The summed E-state index contributed by atoms with van der Waals surface area (Å²) in [4.78, 5) is 7.24. The monoisotopic (exact) mass is 326 g/mol. The molecule has 1 aliphatic carbocycles. The molecule has 1 aromatic heterocycles. The third kappa shape index (κ3) is 3.20. The highest BCUT2D eigenvalue weighted by Crippen LogP contribution is 2.35. The zero-order valence-corrected chi connectivity index (χ0v) is 14.6. The van der Waals surface area contributed by atoms with Crippen molar-refractivity contribution in [2.24, 2.45) is 5.92 Å². The number of hydrogen-bond donors (Lipinski definition) is 0. The van der Waals surface area contributed by atoms with Crippen molar-refractivity contribution < 1.29 is 9.47 Å². The number of aromatic nitrogens is 1. The summed E-state index contributed by atoms with van der Waals surface area (Å²) in [5.74, 6) is 1.70. The number of fused-ring (bicyclic) bond motifs is 1. The molecule has 0 amide bonds. The van der Waals surface area contributed by atoms with Gasteiger partial charge >= 0.3 is 0 Å². The fraction of sp³-hybridized carbons (Fsp3) is 0.550. The summed E-state index contributed by atoms with van der Waals surface area (Å²) in [7, 11) is 1.79. The first kappa shape index (κ1) is 15.7. The topological polar surface area (TPSA) is 34.6 Å². The SMILES string of the molecule is COCC1CCCN1c1cc(C)nc2cc(OCC3CC3)ccc12. The highest BCUT2D eigenvalue weighted by atomic mass is 16.5. The Morgan fingerprint density at radius 3 is 2.83 bits per heavy atom. The summed E-state index contributed by atoms with van der Waals surface area (Å²) in [5, 5.41) is 1.21. The quantitative estimate of drug-likeness (QED) is 0.805. The normalized spacial score (nSPS) is 20.8. The van der Waals surface area contributed by atoms with Crippen LogP contribution in [0.25, 0.3) is 10.9 Å². The first-order valence-electron chi connectivity index (χ1n) is 9.04. The van der Waals surface area contributed by atoms with Crippen molar-refractivity contribution >= 4 is 16.6 Å². The smallest absolute Gasteiger partial charge is 0.121 e. The molecule has 1 aliphatic heterocycles. The van der Waals surface area contributed by atoms with Gasteiger partial charge in [0.05, 0.1) is 24.8 Å². The molecule has 0 radical (unpaired) electrons. The predicted molar refractivity (Wildman–Crippen MR) is 96.9 cm³/mol. The van der Waals surface area contributed by atoms with Crippen molar-refractivity contribution in [2.75, 3.05) is 31.8 Å². The van der Waals surface area contributed by atoms with E-state index in [2.05, 4.69) is 36.1 Å². The number of ether oxygens (including phenoxy) is 2. The van der Waals surface area contributed by atoms with Gasteiger partial charge in [0.1, 0.15) is 5.75 Å². The first-order chi connectivity index (χ1) is 11.7. The van der Waals surface area contributed by atoms with Crippen LogP contribution in [0.2, 0.25) is 0 Å². The van der Waals surface area contributed by atoms with Gasteiger partial charge in [-0.15, -0.1) is 0 Å². The largest absolute Gasteiger partial charge is 0.493 e. The van der Waals surface area contributed by atoms with Crippen LogP contribution in [0.5, 0.6) is 5.75 Å².